The number of ether oxygens (including phenoxy) is 2. The monoisotopic (exact) mass is 256 g/mol. The second-order valence-electron chi connectivity index (χ2n) is 5.58. The van der Waals surface area contributed by atoms with E-state index in [1.807, 2.05) is 6.92 Å². The van der Waals surface area contributed by atoms with Gasteiger partial charge < -0.3 is 15.2 Å². The van der Waals surface area contributed by atoms with E-state index in [1.165, 1.54) is 0 Å². The van der Waals surface area contributed by atoms with Crippen LogP contribution in [-0.2, 0) is 14.3 Å². The summed E-state index contributed by atoms with van der Waals surface area (Å²) in [5.41, 5.74) is 5.66. The highest BCUT2D eigenvalue weighted by atomic mass is 16.5. The van der Waals surface area contributed by atoms with Gasteiger partial charge >= 0.3 is 0 Å². The van der Waals surface area contributed by atoms with Crippen molar-refractivity contribution in [1.82, 2.24) is 0 Å². The highest BCUT2D eigenvalue weighted by Crippen LogP contribution is 2.23. The fraction of sp³-hybridized carbons (Fsp3) is 0.923. The Hall–Kier alpha value is -0.740. The quantitative estimate of drug-likeness (QED) is 0.568. The van der Waals surface area contributed by atoms with Crippen LogP contribution >= 0.6 is 0 Å². The van der Waals surface area contributed by atoms with Gasteiger partial charge in [0.15, 0.2) is 0 Å². The van der Waals surface area contributed by atoms with Gasteiger partial charge in [-0.05, 0) is 39.5 Å². The maximum Gasteiger partial charge on any atom is 0.235 e. The fourth-order valence-corrected chi connectivity index (χ4v) is 1.87. The van der Waals surface area contributed by atoms with Gasteiger partial charge in [0.1, 0.15) is 0 Å². The molecule has 0 aromatic rings. The van der Waals surface area contributed by atoms with Crippen LogP contribution in [0.4, 0.5) is 0 Å². The Bertz CT molecular complexity index is 285. The summed E-state index contributed by atoms with van der Waals surface area (Å²) in [5, 5.41) is 0. The molecule has 0 unspecified atom stereocenters. The third-order valence-corrected chi connectivity index (χ3v) is 3.52. The molecule has 2 heterocycles. The highest BCUT2D eigenvalue weighted by Gasteiger charge is 2.26. The van der Waals surface area contributed by atoms with E-state index >= 15 is 0 Å². The van der Waals surface area contributed by atoms with E-state index in [-0.39, 0.29) is 11.1 Å². The van der Waals surface area contributed by atoms with Crippen LogP contribution < -0.4 is 5.73 Å². The zero-order chi connectivity index (χ0) is 13.5. The molecule has 0 radical (unpaired) electrons. The molecule has 0 bridgehead atoms. The molecule has 0 spiro atoms. The second-order valence-corrected chi connectivity index (χ2v) is 5.58. The zero-order valence-electron chi connectivity index (χ0n) is 11.4. The van der Waals surface area contributed by atoms with Crippen LogP contribution in [0.15, 0.2) is 4.99 Å². The van der Waals surface area contributed by atoms with E-state index in [2.05, 4.69) is 11.9 Å². The molecule has 2 N–H and O–H groups in total. The van der Waals surface area contributed by atoms with E-state index in [0.29, 0.717) is 13.2 Å². The van der Waals surface area contributed by atoms with Crippen molar-refractivity contribution in [3.05, 3.63) is 0 Å². The van der Waals surface area contributed by atoms with Gasteiger partial charge in [0.2, 0.25) is 6.08 Å². The minimum Gasteiger partial charge on any atom is -0.381 e. The van der Waals surface area contributed by atoms with Crippen LogP contribution in [0.25, 0.3) is 0 Å². The first kappa shape index (κ1) is 15.3. The van der Waals surface area contributed by atoms with Gasteiger partial charge in [0, 0.05) is 32.0 Å². The SMILES string of the molecule is CC1(N)CCOCC1.CC1(N=C=O)CCOCC1. The number of carbonyl (C=O) groups excluding carboxylic acids is 1. The normalized spacial score (nSPS) is 25.3. The number of aliphatic imine (C=N–C) groups is 1. The molecule has 104 valence electrons. The number of isocyanates is 1. The van der Waals surface area contributed by atoms with Gasteiger partial charge in [-0.25, -0.2) is 4.79 Å². The lowest BCUT2D eigenvalue weighted by atomic mass is 9.94. The van der Waals surface area contributed by atoms with E-state index in [9.17, 15) is 4.79 Å². The number of nitrogens with zero attached hydrogens (tertiary/aromatic N) is 1. The smallest absolute Gasteiger partial charge is 0.235 e. The van der Waals surface area contributed by atoms with Gasteiger partial charge in [-0.2, -0.15) is 4.99 Å². The van der Waals surface area contributed by atoms with Gasteiger partial charge in [0.25, 0.3) is 0 Å². The van der Waals surface area contributed by atoms with E-state index < -0.39 is 0 Å². The fourth-order valence-electron chi connectivity index (χ4n) is 1.87. The van der Waals surface area contributed by atoms with E-state index in [1.54, 1.807) is 6.08 Å². The van der Waals surface area contributed by atoms with Gasteiger partial charge in [0.05, 0.1) is 5.54 Å². The van der Waals surface area contributed by atoms with Gasteiger partial charge in [-0.3, -0.25) is 0 Å². The predicted octanol–water partition coefficient (Wildman–Crippen LogP) is 1.41. The molecule has 18 heavy (non-hydrogen) atoms. The Labute approximate surface area is 109 Å². The van der Waals surface area contributed by atoms with Crippen LogP contribution in [-0.4, -0.2) is 43.6 Å². The van der Waals surface area contributed by atoms with Crippen molar-refractivity contribution in [3.63, 3.8) is 0 Å². The molecule has 2 saturated heterocycles. The summed E-state index contributed by atoms with van der Waals surface area (Å²) in [6.07, 6.45) is 5.28. The molecule has 5 nitrogen and oxygen atoms in total. The summed E-state index contributed by atoms with van der Waals surface area (Å²) < 4.78 is 10.2. The maximum atomic E-state index is 9.95. The summed E-state index contributed by atoms with van der Waals surface area (Å²) in [6, 6.07) is 0. The van der Waals surface area contributed by atoms with Crippen molar-refractivity contribution in [2.24, 2.45) is 10.7 Å². The van der Waals surface area contributed by atoms with Crippen LogP contribution in [0.1, 0.15) is 39.5 Å². The number of hydrogen-bond acceptors (Lipinski definition) is 5. The lowest BCUT2D eigenvalue weighted by Crippen LogP contribution is -2.41. The molecule has 2 aliphatic rings. The van der Waals surface area contributed by atoms with Crippen LogP contribution in [0.5, 0.6) is 0 Å². The first-order valence-electron chi connectivity index (χ1n) is 6.51. The zero-order valence-corrected chi connectivity index (χ0v) is 11.4. The Balaban J connectivity index is 0.000000184. The van der Waals surface area contributed by atoms with E-state index in [0.717, 1.165) is 38.9 Å². The molecule has 2 aliphatic heterocycles. The molecule has 0 amide bonds. The molecule has 0 saturated carbocycles. The van der Waals surface area contributed by atoms with Gasteiger partial charge in [-0.15, -0.1) is 0 Å². The van der Waals surface area contributed by atoms with Crippen molar-refractivity contribution in [2.45, 2.75) is 50.6 Å². The average molecular weight is 256 g/mol. The molecule has 2 rings (SSSR count). The lowest BCUT2D eigenvalue weighted by Gasteiger charge is -2.28. The summed E-state index contributed by atoms with van der Waals surface area (Å²) in [5.74, 6) is 0. The molecule has 5 heteroatoms. The molecule has 2 fully saturated rings. The Kier molecular flexibility index (Phi) is 5.96. The highest BCUT2D eigenvalue weighted by molar-refractivity contribution is 5.34. The van der Waals surface area contributed by atoms with Crippen LogP contribution in [0.3, 0.4) is 0 Å². The summed E-state index contributed by atoms with van der Waals surface area (Å²) in [6.45, 7) is 7.14. The topological polar surface area (TPSA) is 73.9 Å². The van der Waals surface area contributed by atoms with Crippen molar-refractivity contribution < 1.29 is 14.3 Å². The molecule has 0 aliphatic carbocycles. The predicted molar refractivity (Wildman–Crippen MR) is 69.2 cm³/mol. The number of rotatable bonds is 1. The third-order valence-electron chi connectivity index (χ3n) is 3.52. The minimum absolute atomic E-state index is 0.0538. The summed E-state index contributed by atoms with van der Waals surface area (Å²) in [4.78, 5) is 13.7. The summed E-state index contributed by atoms with van der Waals surface area (Å²) >= 11 is 0. The largest absolute Gasteiger partial charge is 0.381 e. The number of nitrogens with two attached hydrogens (primary N) is 1. The van der Waals surface area contributed by atoms with Gasteiger partial charge in [-0.1, -0.05) is 0 Å². The third kappa shape index (κ3) is 5.74. The Morgan fingerprint density at radius 3 is 1.78 bits per heavy atom. The lowest BCUT2D eigenvalue weighted by molar-refractivity contribution is 0.0594. The Morgan fingerprint density at radius 2 is 1.44 bits per heavy atom. The van der Waals surface area contributed by atoms with Crippen LogP contribution in [0.2, 0.25) is 0 Å². The molecular formula is C13H24N2O3. The van der Waals surface area contributed by atoms with Crippen LogP contribution in [0, 0.1) is 0 Å². The van der Waals surface area contributed by atoms with Crippen molar-refractivity contribution >= 4 is 6.08 Å². The first-order chi connectivity index (χ1) is 8.47. The number of hydrogen-bond donors (Lipinski definition) is 1. The maximum absolute atomic E-state index is 9.95. The van der Waals surface area contributed by atoms with Crippen molar-refractivity contribution in [3.8, 4) is 0 Å². The second kappa shape index (κ2) is 7.00. The molecule has 0 aromatic heterocycles. The van der Waals surface area contributed by atoms with Crippen molar-refractivity contribution in [2.75, 3.05) is 26.4 Å². The average Bonchev–Trinajstić information content (AvgIpc) is 2.30. The standard InChI is InChI=1S/C7H11NO2.C6H13NO/c1-7(8-6-9)2-4-10-5-3-7;1-6(7)2-4-8-5-3-6/h2-5H2,1H3;2-5,7H2,1H3. The molecule has 0 aromatic carbocycles. The molecular weight excluding hydrogens is 232 g/mol. The van der Waals surface area contributed by atoms with Crippen molar-refractivity contribution in [1.29, 1.82) is 0 Å². The molecule has 0 atom stereocenters. The minimum atomic E-state index is -0.194. The summed E-state index contributed by atoms with van der Waals surface area (Å²) in [7, 11) is 0. The Morgan fingerprint density at radius 1 is 1.00 bits per heavy atom. The first-order valence-corrected chi connectivity index (χ1v) is 6.51. The van der Waals surface area contributed by atoms with E-state index in [4.69, 9.17) is 15.2 Å².